The third-order valence-electron chi connectivity index (χ3n) is 4.04. The maximum absolute atomic E-state index is 12.5. The number of carbonyl (C=O) groups excluding carboxylic acids is 1. The number of tetrazole rings is 1. The number of hydrogen-bond acceptors (Lipinski definition) is 6. The summed E-state index contributed by atoms with van der Waals surface area (Å²) in [6, 6.07) is 17.3. The van der Waals surface area contributed by atoms with Crippen LogP contribution in [0.5, 0.6) is 0 Å². The maximum Gasteiger partial charge on any atom is 0.252 e. The Hall–Kier alpha value is -2.71. The quantitative estimate of drug-likeness (QED) is 0.580. The molecule has 0 radical (unpaired) electrons. The van der Waals surface area contributed by atoms with E-state index in [1.54, 1.807) is 4.68 Å². The van der Waals surface area contributed by atoms with Gasteiger partial charge in [-0.1, -0.05) is 37.3 Å². The van der Waals surface area contributed by atoms with Crippen molar-refractivity contribution in [1.82, 2.24) is 25.5 Å². The maximum atomic E-state index is 12.5. The fourth-order valence-electron chi connectivity index (χ4n) is 2.43. The van der Waals surface area contributed by atoms with Crippen LogP contribution >= 0.6 is 11.8 Å². The van der Waals surface area contributed by atoms with Gasteiger partial charge in [0.25, 0.3) is 5.91 Å². The Morgan fingerprint density at radius 3 is 2.70 bits per heavy atom. The van der Waals surface area contributed by atoms with Crippen LogP contribution in [-0.4, -0.2) is 39.2 Å². The van der Waals surface area contributed by atoms with E-state index >= 15 is 0 Å². The largest absolute Gasteiger partial charge is 0.352 e. The van der Waals surface area contributed by atoms with Gasteiger partial charge in [0, 0.05) is 11.4 Å². The van der Waals surface area contributed by atoms with Gasteiger partial charge in [-0.05, 0) is 47.2 Å². The van der Waals surface area contributed by atoms with E-state index in [1.165, 1.54) is 11.8 Å². The molecule has 0 saturated carbocycles. The first-order valence-corrected chi connectivity index (χ1v) is 9.70. The highest BCUT2D eigenvalue weighted by molar-refractivity contribution is 7.98. The molecule has 0 fully saturated rings. The Morgan fingerprint density at radius 1 is 1.19 bits per heavy atom. The van der Waals surface area contributed by atoms with Crippen LogP contribution in [0.3, 0.4) is 0 Å². The van der Waals surface area contributed by atoms with Gasteiger partial charge in [-0.2, -0.15) is 4.68 Å². The molecule has 1 heterocycles. The summed E-state index contributed by atoms with van der Waals surface area (Å²) in [5, 5.41) is 14.9. The van der Waals surface area contributed by atoms with Crippen LogP contribution in [0.1, 0.15) is 23.1 Å². The Labute approximate surface area is 162 Å². The molecule has 140 valence electrons. The van der Waals surface area contributed by atoms with Crippen molar-refractivity contribution in [2.75, 3.05) is 13.1 Å². The molecule has 7 nitrogen and oxygen atoms in total. The molecule has 3 N–H and O–H groups in total. The van der Waals surface area contributed by atoms with E-state index in [1.807, 2.05) is 61.5 Å². The summed E-state index contributed by atoms with van der Waals surface area (Å²) in [5.41, 5.74) is 7.16. The molecule has 0 aliphatic rings. The van der Waals surface area contributed by atoms with Gasteiger partial charge in [0.05, 0.1) is 17.0 Å². The van der Waals surface area contributed by atoms with E-state index in [2.05, 4.69) is 20.8 Å². The van der Waals surface area contributed by atoms with E-state index in [0.29, 0.717) is 24.4 Å². The third kappa shape index (κ3) is 4.93. The molecule has 1 unspecified atom stereocenters. The van der Waals surface area contributed by atoms with Crippen molar-refractivity contribution in [2.24, 2.45) is 11.7 Å². The molecule has 3 rings (SSSR count). The Balaban J connectivity index is 1.71. The van der Waals surface area contributed by atoms with Gasteiger partial charge in [0.15, 0.2) is 5.82 Å². The molecule has 0 spiro atoms. The SMILES string of the molecule is CC(CN)CNC(=O)c1ccccc1SCc1nnnn1-c1ccccc1. The summed E-state index contributed by atoms with van der Waals surface area (Å²) in [7, 11) is 0. The zero-order valence-electron chi connectivity index (χ0n) is 15.1. The van der Waals surface area contributed by atoms with Crippen LogP contribution in [0.15, 0.2) is 59.5 Å². The molecule has 1 aromatic heterocycles. The topological polar surface area (TPSA) is 98.7 Å². The molecule has 27 heavy (non-hydrogen) atoms. The van der Waals surface area contributed by atoms with Gasteiger partial charge >= 0.3 is 0 Å². The molecule has 0 aliphatic heterocycles. The molecule has 0 aliphatic carbocycles. The number of para-hydroxylation sites is 1. The highest BCUT2D eigenvalue weighted by atomic mass is 32.2. The molecule has 3 aromatic rings. The monoisotopic (exact) mass is 382 g/mol. The van der Waals surface area contributed by atoms with Gasteiger partial charge in [0.1, 0.15) is 0 Å². The van der Waals surface area contributed by atoms with E-state index in [0.717, 1.165) is 16.4 Å². The lowest BCUT2D eigenvalue weighted by Gasteiger charge is -2.12. The number of nitrogens with two attached hydrogens (primary N) is 1. The summed E-state index contributed by atoms with van der Waals surface area (Å²) in [5.74, 6) is 1.41. The standard InChI is InChI=1S/C19H22N6OS/c1-14(11-20)12-21-19(26)16-9-5-6-10-17(16)27-13-18-22-23-24-25(18)15-7-3-2-4-8-15/h2-10,14H,11-13,20H2,1H3,(H,21,26). The molecule has 1 amide bonds. The zero-order chi connectivity index (χ0) is 19.1. The van der Waals surface area contributed by atoms with E-state index in [9.17, 15) is 4.79 Å². The third-order valence-corrected chi connectivity index (χ3v) is 5.11. The van der Waals surface area contributed by atoms with Gasteiger partial charge in [0.2, 0.25) is 0 Å². The second-order valence-corrected chi connectivity index (χ2v) is 7.20. The lowest BCUT2D eigenvalue weighted by Crippen LogP contribution is -2.31. The van der Waals surface area contributed by atoms with Gasteiger partial charge in [-0.3, -0.25) is 4.79 Å². The van der Waals surface area contributed by atoms with E-state index < -0.39 is 0 Å². The second kappa shape index (κ2) is 9.29. The Bertz CT molecular complexity index is 883. The minimum atomic E-state index is -0.0962. The highest BCUT2D eigenvalue weighted by Crippen LogP contribution is 2.26. The molecule has 1 atom stereocenters. The number of thioether (sulfide) groups is 1. The Morgan fingerprint density at radius 2 is 1.93 bits per heavy atom. The summed E-state index contributed by atoms with van der Waals surface area (Å²) < 4.78 is 1.71. The molecule has 2 aromatic carbocycles. The van der Waals surface area contributed by atoms with E-state index in [-0.39, 0.29) is 11.8 Å². The van der Waals surface area contributed by atoms with Crippen molar-refractivity contribution in [1.29, 1.82) is 0 Å². The second-order valence-electron chi connectivity index (χ2n) is 6.18. The van der Waals surface area contributed by atoms with Gasteiger partial charge in [-0.25, -0.2) is 0 Å². The first kappa shape index (κ1) is 19.1. The van der Waals surface area contributed by atoms with E-state index in [4.69, 9.17) is 5.73 Å². The summed E-state index contributed by atoms with van der Waals surface area (Å²) in [4.78, 5) is 13.4. The van der Waals surface area contributed by atoms with Crippen LogP contribution < -0.4 is 11.1 Å². The van der Waals surface area contributed by atoms with Crippen LogP contribution in [0.2, 0.25) is 0 Å². The molecular formula is C19H22N6OS. The zero-order valence-corrected chi connectivity index (χ0v) is 15.9. The van der Waals surface area contributed by atoms with Gasteiger partial charge < -0.3 is 11.1 Å². The van der Waals surface area contributed by atoms with Crippen molar-refractivity contribution < 1.29 is 4.79 Å². The van der Waals surface area contributed by atoms with Gasteiger partial charge in [-0.15, -0.1) is 16.9 Å². The number of hydrogen-bond donors (Lipinski definition) is 2. The minimum absolute atomic E-state index is 0.0962. The fourth-order valence-corrected chi connectivity index (χ4v) is 3.39. The highest BCUT2D eigenvalue weighted by Gasteiger charge is 2.14. The lowest BCUT2D eigenvalue weighted by molar-refractivity contribution is 0.0945. The summed E-state index contributed by atoms with van der Waals surface area (Å²) in [6.45, 7) is 3.10. The summed E-state index contributed by atoms with van der Waals surface area (Å²) in [6.07, 6.45) is 0. The number of rotatable bonds is 8. The van der Waals surface area contributed by atoms with Crippen molar-refractivity contribution in [3.63, 3.8) is 0 Å². The van der Waals surface area contributed by atoms with Crippen LogP contribution in [-0.2, 0) is 5.75 Å². The number of nitrogens with one attached hydrogen (secondary N) is 1. The number of aromatic nitrogens is 4. The predicted molar refractivity (Wildman–Crippen MR) is 106 cm³/mol. The molecule has 0 saturated heterocycles. The van der Waals surface area contributed by atoms with Crippen molar-refractivity contribution in [2.45, 2.75) is 17.6 Å². The number of benzene rings is 2. The van der Waals surface area contributed by atoms with Crippen molar-refractivity contribution in [3.8, 4) is 5.69 Å². The first-order chi connectivity index (χ1) is 13.2. The van der Waals surface area contributed by atoms with Crippen LogP contribution in [0, 0.1) is 5.92 Å². The molecule has 8 heteroatoms. The van der Waals surface area contributed by atoms with Crippen molar-refractivity contribution in [3.05, 3.63) is 66.0 Å². The fraction of sp³-hybridized carbons (Fsp3) is 0.263. The summed E-state index contributed by atoms with van der Waals surface area (Å²) >= 11 is 1.53. The average molecular weight is 382 g/mol. The Kier molecular flexibility index (Phi) is 6.56. The first-order valence-electron chi connectivity index (χ1n) is 8.71. The van der Waals surface area contributed by atoms with Crippen LogP contribution in [0.25, 0.3) is 5.69 Å². The van der Waals surface area contributed by atoms with Crippen LogP contribution in [0.4, 0.5) is 0 Å². The minimum Gasteiger partial charge on any atom is -0.352 e. The normalized spacial score (nSPS) is 11.9. The molecule has 0 bridgehead atoms. The number of carbonyl (C=O) groups is 1. The number of amides is 1. The smallest absolute Gasteiger partial charge is 0.252 e. The molecular weight excluding hydrogens is 360 g/mol. The van der Waals surface area contributed by atoms with Crippen molar-refractivity contribution >= 4 is 17.7 Å². The average Bonchev–Trinajstić information content (AvgIpc) is 3.19. The predicted octanol–water partition coefficient (Wildman–Crippen LogP) is 2.28. The lowest BCUT2D eigenvalue weighted by atomic mass is 10.1. The number of nitrogens with zero attached hydrogens (tertiary/aromatic N) is 4.